The molecule has 2 heterocycles. The van der Waals surface area contributed by atoms with Gasteiger partial charge in [-0.1, -0.05) is 24.3 Å². The van der Waals surface area contributed by atoms with Crippen LogP contribution in [0.4, 0.5) is 15.9 Å². The number of hydrogen-bond donors (Lipinski definition) is 2. The Labute approximate surface area is 149 Å². The van der Waals surface area contributed by atoms with Gasteiger partial charge in [0.05, 0.1) is 18.3 Å². The van der Waals surface area contributed by atoms with Crippen LogP contribution in [0.15, 0.2) is 60.1 Å². The van der Waals surface area contributed by atoms with E-state index >= 15 is 0 Å². The minimum absolute atomic E-state index is 0.0653. The Bertz CT molecular complexity index is 819. The number of pyridine rings is 1. The topological polar surface area (TPSA) is 54.0 Å². The molecule has 4 nitrogen and oxygen atoms in total. The highest BCUT2D eigenvalue weighted by atomic mass is 32.1. The Balaban J connectivity index is 1.47. The third kappa shape index (κ3) is 5.12. The Morgan fingerprint density at radius 1 is 1.12 bits per heavy atom. The van der Waals surface area contributed by atoms with Gasteiger partial charge in [-0.05, 0) is 41.6 Å². The van der Waals surface area contributed by atoms with Crippen molar-refractivity contribution in [2.24, 2.45) is 0 Å². The molecule has 1 amide bonds. The molecule has 2 aromatic heterocycles. The maximum atomic E-state index is 13.5. The summed E-state index contributed by atoms with van der Waals surface area (Å²) in [6.07, 6.45) is 2.55. The van der Waals surface area contributed by atoms with Crippen molar-refractivity contribution in [2.75, 3.05) is 17.2 Å². The molecule has 0 unspecified atom stereocenters. The number of amides is 1. The lowest BCUT2D eigenvalue weighted by Gasteiger charge is -2.08. The second-order valence-electron chi connectivity index (χ2n) is 5.50. The number of nitrogens with zero attached hydrogens (tertiary/aromatic N) is 1. The Hall–Kier alpha value is -2.73. The summed E-state index contributed by atoms with van der Waals surface area (Å²) >= 11 is 1.56. The van der Waals surface area contributed by atoms with Crippen LogP contribution in [0.5, 0.6) is 0 Å². The zero-order valence-corrected chi connectivity index (χ0v) is 14.4. The maximum Gasteiger partial charge on any atom is 0.229 e. The van der Waals surface area contributed by atoms with Crippen LogP contribution in [-0.2, 0) is 17.6 Å². The zero-order chi connectivity index (χ0) is 17.5. The average molecular weight is 355 g/mol. The number of benzene rings is 1. The Kier molecular flexibility index (Phi) is 5.74. The van der Waals surface area contributed by atoms with Gasteiger partial charge < -0.3 is 10.6 Å². The molecular formula is C19H18FN3OS. The van der Waals surface area contributed by atoms with Gasteiger partial charge in [0, 0.05) is 11.4 Å². The first-order valence-electron chi connectivity index (χ1n) is 7.96. The lowest BCUT2D eigenvalue weighted by atomic mass is 10.1. The van der Waals surface area contributed by atoms with E-state index in [-0.39, 0.29) is 11.7 Å². The minimum atomic E-state index is -0.193. The lowest BCUT2D eigenvalue weighted by molar-refractivity contribution is -0.115. The predicted octanol–water partition coefficient (Wildman–Crippen LogP) is 4.12. The summed E-state index contributed by atoms with van der Waals surface area (Å²) in [7, 11) is 0. The molecule has 0 atom stereocenters. The monoisotopic (exact) mass is 355 g/mol. The van der Waals surface area contributed by atoms with Crippen molar-refractivity contribution in [1.82, 2.24) is 4.98 Å². The molecule has 0 spiro atoms. The first-order chi connectivity index (χ1) is 12.2. The second-order valence-corrected chi connectivity index (χ2v) is 6.54. The summed E-state index contributed by atoms with van der Waals surface area (Å²) in [4.78, 5) is 17.2. The fraction of sp³-hybridized carbons (Fsp3) is 0.158. The SMILES string of the molecule is O=C(Cc1cccs1)Nc1ccc(NCCc2ccccc2F)nc1. The van der Waals surface area contributed by atoms with E-state index in [0.717, 1.165) is 4.88 Å². The molecule has 0 saturated heterocycles. The highest BCUT2D eigenvalue weighted by Crippen LogP contribution is 2.13. The van der Waals surface area contributed by atoms with Gasteiger partial charge in [0.15, 0.2) is 0 Å². The van der Waals surface area contributed by atoms with Gasteiger partial charge in [0.2, 0.25) is 5.91 Å². The summed E-state index contributed by atoms with van der Waals surface area (Å²) in [5, 5.41) is 7.92. The summed E-state index contributed by atoms with van der Waals surface area (Å²) in [5.74, 6) is 0.429. The minimum Gasteiger partial charge on any atom is -0.370 e. The smallest absolute Gasteiger partial charge is 0.229 e. The number of carbonyl (C=O) groups is 1. The van der Waals surface area contributed by atoms with Crippen LogP contribution < -0.4 is 10.6 Å². The Morgan fingerprint density at radius 2 is 2.00 bits per heavy atom. The van der Waals surface area contributed by atoms with Gasteiger partial charge in [0.1, 0.15) is 11.6 Å². The summed E-state index contributed by atoms with van der Waals surface area (Å²) in [5.41, 5.74) is 1.33. The van der Waals surface area contributed by atoms with Crippen molar-refractivity contribution in [3.63, 3.8) is 0 Å². The van der Waals surface area contributed by atoms with Crippen LogP contribution in [0.3, 0.4) is 0 Å². The molecule has 0 aliphatic heterocycles. The standard InChI is InChI=1S/C19H18FN3OS/c20-17-6-2-1-4-14(17)9-10-21-18-8-7-15(13-22-18)23-19(24)12-16-5-3-11-25-16/h1-8,11,13H,9-10,12H2,(H,21,22)(H,23,24). The number of hydrogen-bond acceptors (Lipinski definition) is 4. The predicted molar refractivity (Wildman–Crippen MR) is 99.5 cm³/mol. The van der Waals surface area contributed by atoms with Crippen molar-refractivity contribution >= 4 is 28.7 Å². The van der Waals surface area contributed by atoms with Crippen molar-refractivity contribution in [2.45, 2.75) is 12.8 Å². The van der Waals surface area contributed by atoms with Crippen LogP contribution in [0.1, 0.15) is 10.4 Å². The normalized spacial score (nSPS) is 10.4. The number of carbonyl (C=O) groups excluding carboxylic acids is 1. The van der Waals surface area contributed by atoms with Crippen molar-refractivity contribution in [3.8, 4) is 0 Å². The number of aromatic nitrogens is 1. The van der Waals surface area contributed by atoms with Gasteiger partial charge in [-0.25, -0.2) is 9.37 Å². The van der Waals surface area contributed by atoms with Crippen molar-refractivity contribution < 1.29 is 9.18 Å². The van der Waals surface area contributed by atoms with E-state index in [9.17, 15) is 9.18 Å². The molecule has 0 aliphatic rings. The van der Waals surface area contributed by atoms with Gasteiger partial charge in [-0.2, -0.15) is 0 Å². The molecule has 3 aromatic rings. The van der Waals surface area contributed by atoms with Crippen LogP contribution in [0, 0.1) is 5.82 Å². The second kappa shape index (κ2) is 8.39. The first kappa shape index (κ1) is 17.1. The molecule has 25 heavy (non-hydrogen) atoms. The molecule has 0 aliphatic carbocycles. The van der Waals surface area contributed by atoms with Crippen LogP contribution in [0.2, 0.25) is 0 Å². The van der Waals surface area contributed by atoms with Gasteiger partial charge in [-0.3, -0.25) is 4.79 Å². The average Bonchev–Trinajstić information content (AvgIpc) is 3.11. The van der Waals surface area contributed by atoms with E-state index in [1.807, 2.05) is 23.6 Å². The molecule has 0 bridgehead atoms. The largest absolute Gasteiger partial charge is 0.370 e. The molecule has 6 heteroatoms. The zero-order valence-electron chi connectivity index (χ0n) is 13.5. The van der Waals surface area contributed by atoms with E-state index < -0.39 is 0 Å². The van der Waals surface area contributed by atoms with E-state index in [1.165, 1.54) is 6.07 Å². The molecule has 0 fully saturated rings. The van der Waals surface area contributed by atoms with Gasteiger partial charge >= 0.3 is 0 Å². The molecular weight excluding hydrogens is 337 g/mol. The van der Waals surface area contributed by atoms with E-state index in [2.05, 4.69) is 15.6 Å². The highest BCUT2D eigenvalue weighted by Gasteiger charge is 2.05. The quantitative estimate of drug-likeness (QED) is 0.670. The van der Waals surface area contributed by atoms with E-state index in [4.69, 9.17) is 0 Å². The summed E-state index contributed by atoms with van der Waals surface area (Å²) < 4.78 is 13.5. The van der Waals surface area contributed by atoms with Crippen molar-refractivity contribution in [3.05, 3.63) is 76.4 Å². The number of rotatable bonds is 7. The third-order valence-corrected chi connectivity index (χ3v) is 4.50. The van der Waals surface area contributed by atoms with Crippen molar-refractivity contribution in [1.29, 1.82) is 0 Å². The Morgan fingerprint density at radius 3 is 2.72 bits per heavy atom. The van der Waals surface area contributed by atoms with Crippen LogP contribution in [0.25, 0.3) is 0 Å². The fourth-order valence-electron chi connectivity index (χ4n) is 2.38. The van der Waals surface area contributed by atoms with Crippen LogP contribution in [-0.4, -0.2) is 17.4 Å². The van der Waals surface area contributed by atoms with Gasteiger partial charge in [0.25, 0.3) is 0 Å². The summed E-state index contributed by atoms with van der Waals surface area (Å²) in [6.45, 7) is 0.581. The molecule has 0 saturated carbocycles. The highest BCUT2D eigenvalue weighted by molar-refractivity contribution is 7.10. The number of anilines is 2. The van der Waals surface area contributed by atoms with E-state index in [0.29, 0.717) is 36.5 Å². The number of thiophene rings is 1. The number of halogens is 1. The van der Waals surface area contributed by atoms with Gasteiger partial charge in [-0.15, -0.1) is 11.3 Å². The lowest BCUT2D eigenvalue weighted by Crippen LogP contribution is -2.14. The molecule has 2 N–H and O–H groups in total. The fourth-order valence-corrected chi connectivity index (χ4v) is 3.08. The first-order valence-corrected chi connectivity index (χ1v) is 8.84. The van der Waals surface area contributed by atoms with E-state index in [1.54, 1.807) is 41.8 Å². The molecule has 3 rings (SSSR count). The maximum absolute atomic E-state index is 13.5. The van der Waals surface area contributed by atoms with Crippen LogP contribution >= 0.6 is 11.3 Å². The molecule has 128 valence electrons. The third-order valence-electron chi connectivity index (χ3n) is 3.62. The summed E-state index contributed by atoms with van der Waals surface area (Å²) in [6, 6.07) is 14.2. The molecule has 0 radical (unpaired) electrons. The molecule has 1 aromatic carbocycles. The number of nitrogens with one attached hydrogen (secondary N) is 2.